The predicted molar refractivity (Wildman–Crippen MR) is 104 cm³/mol. The number of thiophene rings is 1. The second kappa shape index (κ2) is 8.13. The molecule has 1 N–H and O–H groups in total. The van der Waals surface area contributed by atoms with Gasteiger partial charge in [0.1, 0.15) is 9.71 Å². The average Bonchev–Trinajstić information content (AvgIpc) is 3.30. The summed E-state index contributed by atoms with van der Waals surface area (Å²) in [5.74, 6) is -1.27. The number of nitrogens with one attached hydrogen (secondary N) is 1. The lowest BCUT2D eigenvalue weighted by Gasteiger charge is -2.00. The summed E-state index contributed by atoms with van der Waals surface area (Å²) in [4.78, 5) is 41.6. The van der Waals surface area contributed by atoms with E-state index in [-0.39, 0.29) is 18.1 Å². The number of fused-ring (bicyclic) bond motifs is 1. The molecule has 3 rings (SSSR count). The highest BCUT2D eigenvalue weighted by Crippen LogP contribution is 2.30. The number of carbonyl (C=O) groups excluding carboxylic acids is 3. The number of esters is 2. The van der Waals surface area contributed by atoms with Crippen LogP contribution in [0.4, 0.5) is 0 Å². The van der Waals surface area contributed by atoms with Crippen molar-refractivity contribution in [3.05, 3.63) is 51.8 Å². The highest BCUT2D eigenvalue weighted by Gasteiger charge is 2.18. The zero-order chi connectivity index (χ0) is 20.3. The number of aromatic amines is 1. The zero-order valence-electron chi connectivity index (χ0n) is 15.4. The first-order chi connectivity index (χ1) is 13.5. The molecule has 8 nitrogen and oxygen atoms in total. The molecule has 3 heterocycles. The van der Waals surface area contributed by atoms with E-state index in [0.717, 1.165) is 10.9 Å². The summed E-state index contributed by atoms with van der Waals surface area (Å²) in [6.45, 7) is 3.72. The molecule has 0 bridgehead atoms. The Morgan fingerprint density at radius 2 is 2.04 bits per heavy atom. The lowest BCUT2D eigenvalue weighted by molar-refractivity contribution is 0.0518. The molecule has 0 spiro atoms. The van der Waals surface area contributed by atoms with Gasteiger partial charge in [-0.3, -0.25) is 9.89 Å². The fourth-order valence-electron chi connectivity index (χ4n) is 2.57. The zero-order valence-corrected chi connectivity index (χ0v) is 16.3. The molecular weight excluding hydrogens is 382 g/mol. The third-order valence-corrected chi connectivity index (χ3v) is 5.21. The smallest absolute Gasteiger partial charge is 0.356 e. The molecule has 0 saturated heterocycles. The van der Waals surface area contributed by atoms with Crippen LogP contribution in [-0.2, 0) is 9.47 Å². The normalized spacial score (nSPS) is 11.1. The molecule has 28 heavy (non-hydrogen) atoms. The van der Waals surface area contributed by atoms with E-state index in [9.17, 15) is 14.4 Å². The molecule has 0 amide bonds. The summed E-state index contributed by atoms with van der Waals surface area (Å²) in [6, 6.07) is 1.69. The standard InChI is InChI=1S/C19H17N3O5S/c1-4-27-18(24)15-11(9-21-22-15)5-6-14(23)12-7-13-10(2)16(19(25)26-3)28-17(13)20-8-12/h5-9H,4H2,1-3H3,(H,21,22)/b6-5+. The van der Waals surface area contributed by atoms with Crippen molar-refractivity contribution >= 4 is 45.4 Å². The van der Waals surface area contributed by atoms with Crippen molar-refractivity contribution in [2.75, 3.05) is 13.7 Å². The van der Waals surface area contributed by atoms with Crippen LogP contribution in [-0.4, -0.2) is 46.6 Å². The summed E-state index contributed by atoms with van der Waals surface area (Å²) in [5.41, 5.74) is 1.70. The molecule has 0 atom stereocenters. The van der Waals surface area contributed by atoms with E-state index < -0.39 is 11.9 Å². The maximum absolute atomic E-state index is 12.5. The number of allylic oxidation sites excluding steroid dienone is 1. The number of nitrogens with zero attached hydrogens (tertiary/aromatic N) is 2. The first-order valence-electron chi connectivity index (χ1n) is 8.36. The maximum atomic E-state index is 12.5. The van der Waals surface area contributed by atoms with Crippen molar-refractivity contribution < 1.29 is 23.9 Å². The van der Waals surface area contributed by atoms with E-state index in [1.807, 2.05) is 0 Å². The largest absolute Gasteiger partial charge is 0.465 e. The van der Waals surface area contributed by atoms with E-state index in [4.69, 9.17) is 9.47 Å². The van der Waals surface area contributed by atoms with Crippen LogP contribution < -0.4 is 0 Å². The third-order valence-electron chi connectivity index (χ3n) is 4.01. The fourth-order valence-corrected chi connectivity index (χ4v) is 3.62. The van der Waals surface area contributed by atoms with Crippen LogP contribution in [0, 0.1) is 6.92 Å². The van der Waals surface area contributed by atoms with Crippen molar-refractivity contribution in [2.45, 2.75) is 13.8 Å². The minimum atomic E-state index is -0.542. The van der Waals surface area contributed by atoms with Gasteiger partial charge >= 0.3 is 11.9 Å². The van der Waals surface area contributed by atoms with Crippen molar-refractivity contribution in [3.8, 4) is 0 Å². The Hall–Kier alpha value is -3.33. The summed E-state index contributed by atoms with van der Waals surface area (Å²) in [5, 5.41) is 7.10. The van der Waals surface area contributed by atoms with Gasteiger partial charge in [-0.15, -0.1) is 11.3 Å². The number of hydrogen-bond acceptors (Lipinski definition) is 8. The summed E-state index contributed by atoms with van der Waals surface area (Å²) >= 11 is 1.22. The minimum Gasteiger partial charge on any atom is -0.465 e. The second-order valence-electron chi connectivity index (χ2n) is 5.74. The Labute approximate surface area is 164 Å². The number of aromatic nitrogens is 3. The summed E-state index contributed by atoms with van der Waals surface area (Å²) in [6.07, 6.45) is 5.71. The molecule has 0 radical (unpaired) electrons. The molecule has 0 unspecified atom stereocenters. The van der Waals surface area contributed by atoms with Crippen LogP contribution in [0.15, 0.2) is 24.5 Å². The van der Waals surface area contributed by atoms with Gasteiger partial charge in [-0.1, -0.05) is 0 Å². The van der Waals surface area contributed by atoms with E-state index in [1.54, 1.807) is 19.9 Å². The minimum absolute atomic E-state index is 0.177. The highest BCUT2D eigenvalue weighted by atomic mass is 32.1. The maximum Gasteiger partial charge on any atom is 0.356 e. The first kappa shape index (κ1) is 19.4. The molecule has 3 aromatic heterocycles. The van der Waals surface area contributed by atoms with Crippen molar-refractivity contribution in [1.82, 2.24) is 15.2 Å². The molecule has 9 heteroatoms. The number of pyridine rings is 1. The topological polar surface area (TPSA) is 111 Å². The molecular formula is C19H17N3O5S. The molecule has 0 fully saturated rings. The first-order valence-corrected chi connectivity index (χ1v) is 9.18. The Morgan fingerprint density at radius 3 is 2.75 bits per heavy atom. The Balaban J connectivity index is 1.87. The Morgan fingerprint density at radius 1 is 1.25 bits per heavy atom. The van der Waals surface area contributed by atoms with Crippen LogP contribution in [0.5, 0.6) is 0 Å². The van der Waals surface area contributed by atoms with Crippen molar-refractivity contribution in [1.29, 1.82) is 0 Å². The van der Waals surface area contributed by atoms with Gasteiger partial charge in [0.15, 0.2) is 11.5 Å². The number of aryl methyl sites for hydroxylation is 1. The van der Waals surface area contributed by atoms with Gasteiger partial charge in [0, 0.05) is 22.7 Å². The quantitative estimate of drug-likeness (QED) is 0.385. The van der Waals surface area contributed by atoms with E-state index in [0.29, 0.717) is 20.8 Å². The average molecular weight is 399 g/mol. The monoisotopic (exact) mass is 399 g/mol. The van der Waals surface area contributed by atoms with Gasteiger partial charge in [-0.2, -0.15) is 5.10 Å². The number of ether oxygens (including phenoxy) is 2. The highest BCUT2D eigenvalue weighted by molar-refractivity contribution is 7.20. The van der Waals surface area contributed by atoms with Crippen LogP contribution in [0.25, 0.3) is 16.3 Å². The van der Waals surface area contributed by atoms with Gasteiger partial charge in [0.2, 0.25) is 0 Å². The molecule has 0 saturated carbocycles. The lowest BCUT2D eigenvalue weighted by Crippen LogP contribution is -2.06. The second-order valence-corrected chi connectivity index (χ2v) is 6.74. The number of carbonyl (C=O) groups is 3. The van der Waals surface area contributed by atoms with Crippen LogP contribution >= 0.6 is 11.3 Å². The van der Waals surface area contributed by atoms with E-state index in [2.05, 4.69) is 15.2 Å². The molecule has 0 aliphatic heterocycles. The Kier molecular flexibility index (Phi) is 5.65. The van der Waals surface area contributed by atoms with E-state index >= 15 is 0 Å². The molecule has 144 valence electrons. The number of ketones is 1. The molecule has 0 aliphatic rings. The van der Waals surface area contributed by atoms with Crippen LogP contribution in [0.3, 0.4) is 0 Å². The molecule has 0 aromatic carbocycles. The number of rotatable bonds is 6. The number of hydrogen-bond donors (Lipinski definition) is 1. The van der Waals surface area contributed by atoms with Crippen LogP contribution in [0.2, 0.25) is 0 Å². The van der Waals surface area contributed by atoms with Crippen molar-refractivity contribution in [3.63, 3.8) is 0 Å². The summed E-state index contributed by atoms with van der Waals surface area (Å²) in [7, 11) is 1.32. The van der Waals surface area contributed by atoms with Crippen LogP contribution in [0.1, 0.15) is 48.6 Å². The lowest BCUT2D eigenvalue weighted by atomic mass is 10.1. The van der Waals surface area contributed by atoms with Gasteiger partial charge in [0.05, 0.1) is 19.9 Å². The van der Waals surface area contributed by atoms with Gasteiger partial charge in [-0.25, -0.2) is 14.6 Å². The molecule has 3 aromatic rings. The fraction of sp³-hybridized carbons (Fsp3) is 0.211. The Bertz CT molecular complexity index is 1100. The SMILES string of the molecule is CCOC(=O)c1[nH]ncc1/C=C/C(=O)c1cnc2sc(C(=O)OC)c(C)c2c1. The number of H-pyrrole nitrogens is 1. The van der Waals surface area contributed by atoms with Crippen molar-refractivity contribution in [2.24, 2.45) is 0 Å². The third kappa shape index (κ3) is 3.70. The molecule has 0 aliphatic carbocycles. The van der Waals surface area contributed by atoms with Gasteiger partial charge in [0.25, 0.3) is 0 Å². The van der Waals surface area contributed by atoms with Gasteiger partial charge < -0.3 is 9.47 Å². The van der Waals surface area contributed by atoms with E-state index in [1.165, 1.54) is 43.0 Å². The predicted octanol–water partition coefficient (Wildman–Crippen LogP) is 3.19. The summed E-state index contributed by atoms with van der Waals surface area (Å²) < 4.78 is 9.71. The number of methoxy groups -OCH3 is 1. The van der Waals surface area contributed by atoms with Gasteiger partial charge in [-0.05, 0) is 37.6 Å².